The molecule has 0 heterocycles. The van der Waals surface area contributed by atoms with Crippen molar-refractivity contribution in [3.63, 3.8) is 0 Å². The standard InChI is InChI=1S/C14H21O3/c1-4-12-7-6-8-14(13(12)5-2)17-11-16-10-9-15-3/h6-7H,4-5,9-11H2,1-3H3. The van der Waals surface area contributed by atoms with Gasteiger partial charge in [-0.1, -0.05) is 26.0 Å². The van der Waals surface area contributed by atoms with Crippen LogP contribution in [0.2, 0.25) is 0 Å². The molecule has 3 heteroatoms. The molecule has 0 N–H and O–H groups in total. The molecule has 1 radical (unpaired) electrons. The molecule has 0 spiro atoms. The van der Waals surface area contributed by atoms with Gasteiger partial charge in [0.2, 0.25) is 0 Å². The largest absolute Gasteiger partial charge is 0.467 e. The quantitative estimate of drug-likeness (QED) is 0.514. The average Bonchev–Trinajstić information content (AvgIpc) is 2.38. The Morgan fingerprint density at radius 2 is 2.00 bits per heavy atom. The van der Waals surface area contributed by atoms with Crippen LogP contribution in [-0.2, 0) is 22.3 Å². The monoisotopic (exact) mass is 237 g/mol. The van der Waals surface area contributed by atoms with Crippen LogP contribution in [0.4, 0.5) is 0 Å². The van der Waals surface area contributed by atoms with Crippen LogP contribution in [0, 0.1) is 6.07 Å². The normalized spacial score (nSPS) is 10.5. The van der Waals surface area contributed by atoms with E-state index in [1.807, 2.05) is 6.07 Å². The van der Waals surface area contributed by atoms with Crippen molar-refractivity contribution in [2.24, 2.45) is 0 Å². The minimum atomic E-state index is 0.250. The molecule has 0 saturated carbocycles. The van der Waals surface area contributed by atoms with E-state index in [9.17, 15) is 0 Å². The van der Waals surface area contributed by atoms with Crippen LogP contribution in [-0.4, -0.2) is 27.1 Å². The second kappa shape index (κ2) is 8.09. The Morgan fingerprint density at radius 1 is 1.18 bits per heavy atom. The maximum absolute atomic E-state index is 5.58. The van der Waals surface area contributed by atoms with Crippen molar-refractivity contribution >= 4 is 0 Å². The summed E-state index contributed by atoms with van der Waals surface area (Å²) in [7, 11) is 1.65. The van der Waals surface area contributed by atoms with Gasteiger partial charge >= 0.3 is 0 Å². The molecular weight excluding hydrogens is 216 g/mol. The van der Waals surface area contributed by atoms with Gasteiger partial charge < -0.3 is 14.2 Å². The minimum absolute atomic E-state index is 0.250. The summed E-state index contributed by atoms with van der Waals surface area (Å²) >= 11 is 0. The molecule has 0 aliphatic heterocycles. The Balaban J connectivity index is 2.52. The van der Waals surface area contributed by atoms with Crippen molar-refractivity contribution in [1.82, 2.24) is 0 Å². The van der Waals surface area contributed by atoms with Gasteiger partial charge in [0.1, 0.15) is 5.75 Å². The predicted octanol–water partition coefficient (Wildman–Crippen LogP) is 2.61. The number of hydrogen-bond acceptors (Lipinski definition) is 3. The number of rotatable bonds is 8. The molecule has 0 bridgehead atoms. The van der Waals surface area contributed by atoms with Crippen molar-refractivity contribution in [1.29, 1.82) is 0 Å². The number of methoxy groups -OCH3 is 1. The first-order chi connectivity index (χ1) is 8.33. The maximum Gasteiger partial charge on any atom is 0.189 e. The Morgan fingerprint density at radius 3 is 2.65 bits per heavy atom. The Hall–Kier alpha value is -1.06. The lowest BCUT2D eigenvalue weighted by atomic mass is 10.0. The van der Waals surface area contributed by atoms with Gasteiger partial charge in [0.15, 0.2) is 6.79 Å². The Kier molecular flexibility index (Phi) is 6.67. The van der Waals surface area contributed by atoms with E-state index in [1.54, 1.807) is 7.11 Å². The summed E-state index contributed by atoms with van der Waals surface area (Å²) in [5.74, 6) is 0.810. The first-order valence-electron chi connectivity index (χ1n) is 6.05. The third kappa shape index (κ3) is 4.36. The molecule has 1 aromatic carbocycles. The summed E-state index contributed by atoms with van der Waals surface area (Å²) in [4.78, 5) is 0. The second-order valence-corrected chi connectivity index (χ2v) is 3.68. The maximum atomic E-state index is 5.58. The van der Waals surface area contributed by atoms with Crippen LogP contribution >= 0.6 is 0 Å². The van der Waals surface area contributed by atoms with E-state index >= 15 is 0 Å². The average molecular weight is 237 g/mol. The number of ether oxygens (including phenoxy) is 3. The van der Waals surface area contributed by atoms with Crippen LogP contribution in [0.5, 0.6) is 5.75 Å². The molecule has 0 saturated heterocycles. The van der Waals surface area contributed by atoms with E-state index in [0.717, 1.165) is 18.6 Å². The van der Waals surface area contributed by atoms with Crippen molar-refractivity contribution in [2.75, 3.05) is 27.1 Å². The molecule has 17 heavy (non-hydrogen) atoms. The third-order valence-electron chi connectivity index (χ3n) is 2.61. The fraction of sp³-hybridized carbons (Fsp3) is 0.571. The van der Waals surface area contributed by atoms with Gasteiger partial charge in [-0.05, 0) is 24.0 Å². The van der Waals surface area contributed by atoms with E-state index in [4.69, 9.17) is 14.2 Å². The van der Waals surface area contributed by atoms with Gasteiger partial charge in [0.25, 0.3) is 0 Å². The molecule has 0 fully saturated rings. The lowest BCUT2D eigenvalue weighted by Gasteiger charge is -2.13. The molecule has 0 atom stereocenters. The highest BCUT2D eigenvalue weighted by atomic mass is 16.7. The highest BCUT2D eigenvalue weighted by molar-refractivity contribution is 5.39. The number of aryl methyl sites for hydroxylation is 1. The zero-order valence-corrected chi connectivity index (χ0v) is 10.9. The zero-order chi connectivity index (χ0) is 12.5. The molecule has 0 aliphatic carbocycles. The Labute approximate surface area is 104 Å². The third-order valence-corrected chi connectivity index (χ3v) is 2.61. The molecule has 1 rings (SSSR count). The first kappa shape index (κ1) is 14.0. The molecular formula is C14H21O3. The van der Waals surface area contributed by atoms with Crippen LogP contribution in [0.3, 0.4) is 0 Å². The zero-order valence-electron chi connectivity index (χ0n) is 10.9. The van der Waals surface area contributed by atoms with Gasteiger partial charge in [-0.3, -0.25) is 0 Å². The van der Waals surface area contributed by atoms with Gasteiger partial charge in [0, 0.05) is 13.2 Å². The summed E-state index contributed by atoms with van der Waals surface area (Å²) < 4.78 is 15.8. The molecule has 0 amide bonds. The van der Waals surface area contributed by atoms with Crippen LogP contribution in [0.15, 0.2) is 12.1 Å². The lowest BCUT2D eigenvalue weighted by molar-refractivity contribution is -0.00899. The van der Waals surface area contributed by atoms with Crippen molar-refractivity contribution in [3.8, 4) is 5.75 Å². The summed E-state index contributed by atoms with van der Waals surface area (Å²) in [5.41, 5.74) is 2.54. The van der Waals surface area contributed by atoms with Crippen molar-refractivity contribution < 1.29 is 14.2 Å². The molecule has 0 aromatic heterocycles. The van der Waals surface area contributed by atoms with E-state index in [1.165, 1.54) is 11.1 Å². The summed E-state index contributed by atoms with van der Waals surface area (Å²) in [6.45, 7) is 5.66. The van der Waals surface area contributed by atoms with E-state index < -0.39 is 0 Å². The van der Waals surface area contributed by atoms with E-state index in [0.29, 0.717) is 13.2 Å². The highest BCUT2D eigenvalue weighted by Gasteiger charge is 2.06. The first-order valence-corrected chi connectivity index (χ1v) is 6.05. The lowest BCUT2D eigenvalue weighted by Crippen LogP contribution is -2.09. The van der Waals surface area contributed by atoms with Gasteiger partial charge in [-0.25, -0.2) is 0 Å². The van der Waals surface area contributed by atoms with Crippen molar-refractivity contribution in [2.45, 2.75) is 26.7 Å². The van der Waals surface area contributed by atoms with Gasteiger partial charge in [-0.2, -0.15) is 0 Å². The topological polar surface area (TPSA) is 27.7 Å². The van der Waals surface area contributed by atoms with Crippen LogP contribution in [0.1, 0.15) is 25.0 Å². The van der Waals surface area contributed by atoms with Crippen LogP contribution < -0.4 is 4.74 Å². The number of benzene rings is 1. The Bertz CT molecular complexity index is 323. The fourth-order valence-electron chi connectivity index (χ4n) is 1.70. The molecule has 0 unspecified atom stereocenters. The van der Waals surface area contributed by atoms with Crippen molar-refractivity contribution in [3.05, 3.63) is 29.3 Å². The van der Waals surface area contributed by atoms with E-state index in [2.05, 4.69) is 26.0 Å². The molecule has 3 nitrogen and oxygen atoms in total. The predicted molar refractivity (Wildman–Crippen MR) is 67.4 cm³/mol. The second-order valence-electron chi connectivity index (χ2n) is 3.68. The smallest absolute Gasteiger partial charge is 0.189 e. The highest BCUT2D eigenvalue weighted by Crippen LogP contribution is 2.22. The molecule has 1 aromatic rings. The summed E-state index contributed by atoms with van der Waals surface area (Å²) in [6.07, 6.45) is 1.96. The molecule has 95 valence electrons. The summed E-state index contributed by atoms with van der Waals surface area (Å²) in [5, 5.41) is 0. The van der Waals surface area contributed by atoms with Crippen LogP contribution in [0.25, 0.3) is 0 Å². The SMILES string of the molecule is CCc1cc[c]c(OCOCCOC)c1CC. The fourth-order valence-corrected chi connectivity index (χ4v) is 1.70. The summed E-state index contributed by atoms with van der Waals surface area (Å²) in [6, 6.07) is 7.12. The van der Waals surface area contributed by atoms with Gasteiger partial charge in [-0.15, -0.1) is 0 Å². The minimum Gasteiger partial charge on any atom is -0.467 e. The number of hydrogen-bond donors (Lipinski definition) is 0. The van der Waals surface area contributed by atoms with Gasteiger partial charge in [0.05, 0.1) is 13.2 Å². The van der Waals surface area contributed by atoms with E-state index in [-0.39, 0.29) is 6.79 Å². The molecule has 0 aliphatic rings.